The van der Waals surface area contributed by atoms with Gasteiger partial charge < -0.3 is 5.73 Å². The predicted molar refractivity (Wildman–Crippen MR) is 71.4 cm³/mol. The molecule has 8 heteroatoms. The van der Waals surface area contributed by atoms with Crippen molar-refractivity contribution in [3.8, 4) is 0 Å². The Balaban J connectivity index is 2.23. The number of nitrogens with zero attached hydrogens (tertiary/aromatic N) is 2. The fourth-order valence-electron chi connectivity index (χ4n) is 1.13. The van der Waals surface area contributed by atoms with E-state index in [1.807, 2.05) is 0 Å². The molecule has 0 unspecified atom stereocenters. The van der Waals surface area contributed by atoms with Crippen molar-refractivity contribution in [1.82, 2.24) is 10.2 Å². The molecule has 0 spiro atoms. The van der Waals surface area contributed by atoms with E-state index in [1.54, 1.807) is 18.2 Å². The van der Waals surface area contributed by atoms with Crippen LogP contribution in [0.5, 0.6) is 0 Å². The Bertz CT molecular complexity index is 574. The number of hydrogen-bond acceptors (Lipinski definition) is 5. The monoisotopic (exact) mass is 332 g/mol. The topological polar surface area (TPSA) is 80.9 Å². The molecule has 5 nitrogen and oxygen atoms in total. The molecule has 1 aromatic heterocycles. The zero-order valence-corrected chi connectivity index (χ0v) is 11.4. The SMILES string of the molecule is Nc1nnc(NC(=O)c2cccc(Br)c2Cl)s1. The molecule has 88 valence electrons. The molecule has 0 aliphatic heterocycles. The lowest BCUT2D eigenvalue weighted by Gasteiger charge is -2.04. The largest absolute Gasteiger partial charge is 0.374 e. The van der Waals surface area contributed by atoms with Crippen molar-refractivity contribution in [2.75, 3.05) is 11.1 Å². The van der Waals surface area contributed by atoms with Crippen LogP contribution in [-0.2, 0) is 0 Å². The smallest absolute Gasteiger partial charge is 0.259 e. The van der Waals surface area contributed by atoms with Gasteiger partial charge in [-0.15, -0.1) is 10.2 Å². The number of carbonyl (C=O) groups is 1. The fourth-order valence-corrected chi connectivity index (χ4v) is 2.21. The van der Waals surface area contributed by atoms with Crippen LogP contribution in [-0.4, -0.2) is 16.1 Å². The van der Waals surface area contributed by atoms with Crippen LogP contribution >= 0.6 is 38.9 Å². The van der Waals surface area contributed by atoms with Gasteiger partial charge in [0.05, 0.1) is 10.6 Å². The highest BCUT2D eigenvalue weighted by Gasteiger charge is 2.14. The van der Waals surface area contributed by atoms with Gasteiger partial charge in [-0.1, -0.05) is 29.0 Å². The molecule has 0 saturated heterocycles. The molecule has 3 N–H and O–H groups in total. The van der Waals surface area contributed by atoms with E-state index >= 15 is 0 Å². The first-order valence-electron chi connectivity index (χ1n) is 4.42. The number of benzene rings is 1. The summed E-state index contributed by atoms with van der Waals surface area (Å²) < 4.78 is 0.656. The lowest BCUT2D eigenvalue weighted by atomic mass is 10.2. The van der Waals surface area contributed by atoms with Crippen molar-refractivity contribution < 1.29 is 4.79 Å². The Kier molecular flexibility index (Phi) is 3.60. The summed E-state index contributed by atoms with van der Waals surface area (Å²) in [6.45, 7) is 0. The number of nitrogens with one attached hydrogen (secondary N) is 1. The van der Waals surface area contributed by atoms with Crippen molar-refractivity contribution in [2.45, 2.75) is 0 Å². The molecule has 0 aliphatic rings. The number of halogens is 2. The summed E-state index contributed by atoms with van der Waals surface area (Å²) in [6.07, 6.45) is 0. The van der Waals surface area contributed by atoms with Gasteiger partial charge in [-0.2, -0.15) is 0 Å². The number of anilines is 2. The normalized spacial score (nSPS) is 10.2. The Morgan fingerprint density at radius 2 is 2.24 bits per heavy atom. The Morgan fingerprint density at radius 3 is 2.88 bits per heavy atom. The van der Waals surface area contributed by atoms with Crippen LogP contribution in [0.1, 0.15) is 10.4 Å². The molecule has 1 heterocycles. The second-order valence-corrected chi connectivity index (χ2v) is 5.24. The maximum absolute atomic E-state index is 11.9. The molecule has 0 bridgehead atoms. The van der Waals surface area contributed by atoms with Gasteiger partial charge in [0.2, 0.25) is 10.3 Å². The summed E-state index contributed by atoms with van der Waals surface area (Å²) in [5, 5.41) is 10.8. The van der Waals surface area contributed by atoms with Crippen molar-refractivity contribution in [2.24, 2.45) is 0 Å². The van der Waals surface area contributed by atoms with Gasteiger partial charge in [-0.05, 0) is 28.1 Å². The van der Waals surface area contributed by atoms with E-state index in [0.717, 1.165) is 11.3 Å². The number of nitrogens with two attached hydrogens (primary N) is 1. The zero-order valence-electron chi connectivity index (χ0n) is 8.28. The molecular weight excluding hydrogens is 328 g/mol. The molecular formula is C9H6BrClN4OS. The van der Waals surface area contributed by atoms with Crippen molar-refractivity contribution >= 4 is 55.0 Å². The van der Waals surface area contributed by atoms with Gasteiger partial charge in [0.15, 0.2) is 0 Å². The number of nitrogen functional groups attached to an aromatic ring is 1. The van der Waals surface area contributed by atoms with E-state index in [1.165, 1.54) is 0 Å². The lowest BCUT2D eigenvalue weighted by molar-refractivity contribution is 0.102. The summed E-state index contributed by atoms with van der Waals surface area (Å²) in [6, 6.07) is 5.09. The third-order valence-corrected chi connectivity index (χ3v) is 3.82. The van der Waals surface area contributed by atoms with Crippen molar-refractivity contribution in [1.29, 1.82) is 0 Å². The van der Waals surface area contributed by atoms with Gasteiger partial charge in [0.25, 0.3) is 5.91 Å². The van der Waals surface area contributed by atoms with Crippen LogP contribution < -0.4 is 11.1 Å². The highest BCUT2D eigenvalue weighted by Crippen LogP contribution is 2.27. The zero-order chi connectivity index (χ0) is 12.4. The minimum atomic E-state index is -0.354. The average Bonchev–Trinajstić information content (AvgIpc) is 2.68. The Morgan fingerprint density at radius 1 is 1.47 bits per heavy atom. The van der Waals surface area contributed by atoms with E-state index in [2.05, 4.69) is 31.4 Å². The van der Waals surface area contributed by atoms with E-state index < -0.39 is 0 Å². The summed E-state index contributed by atoms with van der Waals surface area (Å²) >= 11 is 10.3. The lowest BCUT2D eigenvalue weighted by Crippen LogP contribution is -2.12. The summed E-state index contributed by atoms with van der Waals surface area (Å²) in [4.78, 5) is 11.9. The van der Waals surface area contributed by atoms with E-state index in [4.69, 9.17) is 17.3 Å². The second-order valence-electron chi connectivity index (χ2n) is 3.00. The predicted octanol–water partition coefficient (Wildman–Crippen LogP) is 2.79. The minimum Gasteiger partial charge on any atom is -0.374 e. The maximum Gasteiger partial charge on any atom is 0.259 e. The van der Waals surface area contributed by atoms with Crippen molar-refractivity contribution in [3.63, 3.8) is 0 Å². The summed E-state index contributed by atoms with van der Waals surface area (Å²) in [7, 11) is 0. The van der Waals surface area contributed by atoms with Crippen LogP contribution in [0.25, 0.3) is 0 Å². The standard InChI is InChI=1S/C9H6BrClN4OS/c10-5-3-1-2-4(6(5)11)7(16)13-9-15-14-8(12)17-9/h1-3H,(H2,12,14)(H,13,15,16). The van der Waals surface area contributed by atoms with Crippen LogP contribution in [0.4, 0.5) is 10.3 Å². The first-order valence-corrected chi connectivity index (χ1v) is 6.41. The third kappa shape index (κ3) is 2.74. The number of hydrogen-bond donors (Lipinski definition) is 2. The molecule has 2 aromatic rings. The summed E-state index contributed by atoms with van der Waals surface area (Å²) in [5.74, 6) is -0.354. The van der Waals surface area contributed by atoms with E-state index in [0.29, 0.717) is 25.3 Å². The fraction of sp³-hybridized carbons (Fsp3) is 0. The van der Waals surface area contributed by atoms with E-state index in [9.17, 15) is 4.79 Å². The minimum absolute atomic E-state index is 0.292. The molecule has 1 amide bonds. The summed E-state index contributed by atoms with van der Waals surface area (Å²) in [5.41, 5.74) is 5.76. The highest BCUT2D eigenvalue weighted by atomic mass is 79.9. The van der Waals surface area contributed by atoms with Crippen LogP contribution in [0.3, 0.4) is 0 Å². The molecule has 0 saturated carbocycles. The molecule has 17 heavy (non-hydrogen) atoms. The van der Waals surface area contributed by atoms with Crippen molar-refractivity contribution in [3.05, 3.63) is 33.3 Å². The maximum atomic E-state index is 11.9. The number of rotatable bonds is 2. The van der Waals surface area contributed by atoms with Gasteiger partial charge in [0.1, 0.15) is 0 Å². The molecule has 2 rings (SSSR count). The second kappa shape index (κ2) is 4.99. The van der Waals surface area contributed by atoms with Crippen LogP contribution in [0, 0.1) is 0 Å². The Hall–Kier alpha value is -1.18. The number of aromatic nitrogens is 2. The van der Waals surface area contributed by atoms with Gasteiger partial charge in [-0.3, -0.25) is 10.1 Å². The highest BCUT2D eigenvalue weighted by molar-refractivity contribution is 9.10. The number of carbonyl (C=O) groups excluding carboxylic acids is 1. The first kappa shape index (κ1) is 12.3. The Labute approximate surface area is 114 Å². The van der Waals surface area contributed by atoms with Crippen LogP contribution in [0.15, 0.2) is 22.7 Å². The molecule has 0 radical (unpaired) electrons. The average molecular weight is 334 g/mol. The molecule has 0 atom stereocenters. The third-order valence-electron chi connectivity index (χ3n) is 1.86. The molecule has 0 fully saturated rings. The van der Waals surface area contributed by atoms with Gasteiger partial charge >= 0.3 is 0 Å². The van der Waals surface area contributed by atoms with Gasteiger partial charge in [0, 0.05) is 4.47 Å². The molecule has 1 aromatic carbocycles. The first-order chi connectivity index (χ1) is 8.08. The molecule has 0 aliphatic carbocycles. The number of amides is 1. The quantitative estimate of drug-likeness (QED) is 0.885. The van der Waals surface area contributed by atoms with E-state index in [-0.39, 0.29) is 5.91 Å². The van der Waals surface area contributed by atoms with Crippen LogP contribution in [0.2, 0.25) is 5.02 Å². The van der Waals surface area contributed by atoms with Gasteiger partial charge in [-0.25, -0.2) is 0 Å².